The summed E-state index contributed by atoms with van der Waals surface area (Å²) < 4.78 is 35.8. The maximum atomic E-state index is 14.8. The van der Waals surface area contributed by atoms with Crippen LogP contribution in [0, 0.1) is 23.0 Å². The van der Waals surface area contributed by atoms with E-state index in [-0.39, 0.29) is 31.0 Å². The zero-order chi connectivity index (χ0) is 24.7. The topological polar surface area (TPSA) is 91.5 Å². The summed E-state index contributed by atoms with van der Waals surface area (Å²) in [5.41, 5.74) is 0.949. The van der Waals surface area contributed by atoms with Gasteiger partial charge in [-0.1, -0.05) is 6.58 Å². The molecule has 0 N–H and O–H groups in total. The number of piperazine rings is 1. The second-order valence-corrected chi connectivity index (χ2v) is 8.33. The molecule has 35 heavy (non-hydrogen) atoms. The van der Waals surface area contributed by atoms with Gasteiger partial charge in [-0.25, -0.2) is 13.6 Å². The van der Waals surface area contributed by atoms with Crippen LogP contribution in [0.4, 0.5) is 14.6 Å². The van der Waals surface area contributed by atoms with Crippen molar-refractivity contribution in [1.29, 1.82) is 5.26 Å². The van der Waals surface area contributed by atoms with Crippen molar-refractivity contribution in [3.05, 3.63) is 64.6 Å². The summed E-state index contributed by atoms with van der Waals surface area (Å²) in [6, 6.07) is 7.04. The Hall–Kier alpha value is -4.26. The summed E-state index contributed by atoms with van der Waals surface area (Å²) in [4.78, 5) is 33.0. The van der Waals surface area contributed by atoms with Crippen molar-refractivity contribution < 1.29 is 18.3 Å². The molecule has 1 fully saturated rings. The second kappa shape index (κ2) is 8.83. The second-order valence-electron chi connectivity index (χ2n) is 8.33. The number of aromatic nitrogens is 2. The fourth-order valence-corrected chi connectivity index (χ4v) is 4.74. The van der Waals surface area contributed by atoms with E-state index in [2.05, 4.69) is 17.6 Å². The number of amides is 1. The van der Waals surface area contributed by atoms with Gasteiger partial charge in [-0.3, -0.25) is 9.36 Å². The van der Waals surface area contributed by atoms with E-state index in [9.17, 15) is 23.6 Å². The number of halogens is 2. The highest BCUT2D eigenvalue weighted by Crippen LogP contribution is 2.43. The van der Waals surface area contributed by atoms with Crippen LogP contribution in [0.5, 0.6) is 5.75 Å². The van der Waals surface area contributed by atoms with E-state index in [0.29, 0.717) is 59.8 Å². The van der Waals surface area contributed by atoms with Crippen molar-refractivity contribution >= 4 is 22.6 Å². The number of hydrogen-bond acceptors (Lipinski definition) is 6. The summed E-state index contributed by atoms with van der Waals surface area (Å²) in [7, 11) is 0. The van der Waals surface area contributed by atoms with Crippen LogP contribution in [0.2, 0.25) is 0 Å². The highest BCUT2D eigenvalue weighted by Gasteiger charge is 2.29. The van der Waals surface area contributed by atoms with Gasteiger partial charge in [-0.05, 0) is 29.8 Å². The smallest absolute Gasteiger partial charge is 0.350 e. The molecule has 0 atom stereocenters. The average Bonchev–Trinajstić information content (AvgIpc) is 2.86. The molecular formula is C25H21F2N5O3. The Labute approximate surface area is 199 Å². The Bertz CT molecular complexity index is 1470. The molecule has 0 aliphatic carbocycles. The molecule has 3 aromatic rings. The van der Waals surface area contributed by atoms with Crippen molar-refractivity contribution in [3.8, 4) is 22.9 Å². The molecule has 0 spiro atoms. The molecule has 2 aliphatic rings. The van der Waals surface area contributed by atoms with E-state index in [1.54, 1.807) is 11.0 Å². The first-order valence-corrected chi connectivity index (χ1v) is 11.1. The number of benzene rings is 2. The Balaban J connectivity index is 1.74. The molecule has 178 valence electrons. The van der Waals surface area contributed by atoms with Gasteiger partial charge >= 0.3 is 5.69 Å². The molecule has 0 radical (unpaired) electrons. The normalized spacial score (nSPS) is 15.0. The first-order chi connectivity index (χ1) is 16.9. The van der Waals surface area contributed by atoms with E-state index >= 15 is 0 Å². The number of carbonyl (C=O) groups excluding carboxylic acids is 1. The van der Waals surface area contributed by atoms with E-state index in [0.717, 1.165) is 12.1 Å². The molecule has 3 heterocycles. The minimum Gasteiger partial charge on any atom is -0.489 e. The number of rotatable bonds is 4. The third-order valence-electron chi connectivity index (χ3n) is 6.38. The van der Waals surface area contributed by atoms with E-state index in [1.807, 2.05) is 4.90 Å². The molecule has 8 nitrogen and oxygen atoms in total. The number of hydrogen-bond donors (Lipinski definition) is 0. The van der Waals surface area contributed by atoms with Crippen molar-refractivity contribution in [2.24, 2.45) is 0 Å². The summed E-state index contributed by atoms with van der Waals surface area (Å²) in [6.45, 7) is 5.66. The van der Waals surface area contributed by atoms with Crippen molar-refractivity contribution in [1.82, 2.24) is 14.5 Å². The van der Waals surface area contributed by atoms with Gasteiger partial charge in [-0.2, -0.15) is 10.2 Å². The van der Waals surface area contributed by atoms with Crippen LogP contribution in [-0.4, -0.2) is 53.1 Å². The molecule has 1 aromatic heterocycles. The fraction of sp³-hybridized carbons (Fsp3) is 0.280. The van der Waals surface area contributed by atoms with Crippen LogP contribution >= 0.6 is 0 Å². The monoisotopic (exact) mass is 477 g/mol. The Morgan fingerprint density at radius 1 is 1.17 bits per heavy atom. The molecule has 5 rings (SSSR count). The van der Waals surface area contributed by atoms with Gasteiger partial charge in [0, 0.05) is 48.8 Å². The SMILES string of the molecule is C=CC(=O)N1CCN(c2nc(=O)n3c4c(c(-c5ccc(F)cc5F)cc(CC#N)c24)OCC3)CC1. The minimum absolute atomic E-state index is 0.0195. The van der Waals surface area contributed by atoms with Gasteiger partial charge in [-0.15, -0.1) is 0 Å². The predicted octanol–water partition coefficient (Wildman–Crippen LogP) is 2.63. The van der Waals surface area contributed by atoms with Crippen molar-refractivity contribution in [3.63, 3.8) is 0 Å². The standard InChI is InChI=1S/C25H21F2N5O3/c1-2-20(33)30-7-9-31(10-8-30)24-21-15(5-6-28)13-18(17-4-3-16(26)14-19(17)27)23-22(21)32(11-12-35-23)25(34)29-24/h2-4,13-14H,1,5,7-12H2. The molecule has 10 heteroatoms. The van der Waals surface area contributed by atoms with Crippen LogP contribution in [-0.2, 0) is 17.8 Å². The van der Waals surface area contributed by atoms with Gasteiger partial charge in [0.15, 0.2) is 5.75 Å². The van der Waals surface area contributed by atoms with Gasteiger partial charge < -0.3 is 14.5 Å². The third-order valence-corrected chi connectivity index (χ3v) is 6.38. The average molecular weight is 477 g/mol. The Morgan fingerprint density at radius 2 is 1.94 bits per heavy atom. The van der Waals surface area contributed by atoms with Crippen LogP contribution < -0.4 is 15.3 Å². The highest BCUT2D eigenvalue weighted by molar-refractivity contribution is 6.01. The lowest BCUT2D eigenvalue weighted by Gasteiger charge is -2.36. The van der Waals surface area contributed by atoms with Crippen LogP contribution in [0.15, 0.2) is 41.7 Å². The lowest BCUT2D eigenvalue weighted by atomic mass is 9.95. The molecular weight excluding hydrogens is 456 g/mol. The minimum atomic E-state index is -0.774. The van der Waals surface area contributed by atoms with E-state index < -0.39 is 17.3 Å². The third kappa shape index (κ3) is 3.79. The van der Waals surface area contributed by atoms with Crippen LogP contribution in [0.3, 0.4) is 0 Å². The number of ether oxygens (including phenoxy) is 1. The summed E-state index contributed by atoms with van der Waals surface area (Å²) in [6.07, 6.45) is 1.25. The first kappa shape index (κ1) is 22.5. The quantitative estimate of drug-likeness (QED) is 0.537. The lowest BCUT2D eigenvalue weighted by molar-refractivity contribution is -0.126. The van der Waals surface area contributed by atoms with Crippen LogP contribution in [0.25, 0.3) is 22.0 Å². The Morgan fingerprint density at radius 3 is 2.63 bits per heavy atom. The van der Waals surface area contributed by atoms with E-state index in [1.165, 1.54) is 16.7 Å². The molecule has 1 saturated heterocycles. The van der Waals surface area contributed by atoms with Crippen molar-refractivity contribution in [2.75, 3.05) is 37.7 Å². The number of nitrogens with zero attached hydrogens (tertiary/aromatic N) is 5. The summed E-state index contributed by atoms with van der Waals surface area (Å²) >= 11 is 0. The van der Waals surface area contributed by atoms with Gasteiger partial charge in [0.05, 0.1) is 24.6 Å². The molecule has 0 saturated carbocycles. The number of carbonyl (C=O) groups is 1. The molecule has 1 amide bonds. The Kier molecular flexibility index (Phi) is 5.68. The number of anilines is 1. The van der Waals surface area contributed by atoms with Crippen molar-refractivity contribution in [2.45, 2.75) is 13.0 Å². The summed E-state index contributed by atoms with van der Waals surface area (Å²) in [5, 5.41) is 10.1. The lowest BCUT2D eigenvalue weighted by Crippen LogP contribution is -2.49. The van der Waals surface area contributed by atoms with Gasteiger partial charge in [0.1, 0.15) is 24.1 Å². The van der Waals surface area contributed by atoms with Crippen LogP contribution in [0.1, 0.15) is 5.56 Å². The fourth-order valence-electron chi connectivity index (χ4n) is 4.74. The molecule has 0 unspecified atom stereocenters. The summed E-state index contributed by atoms with van der Waals surface area (Å²) in [5.74, 6) is -0.964. The van der Waals surface area contributed by atoms with Gasteiger partial charge in [0.25, 0.3) is 0 Å². The van der Waals surface area contributed by atoms with Gasteiger partial charge in [0.2, 0.25) is 5.91 Å². The molecule has 2 aromatic carbocycles. The van der Waals surface area contributed by atoms with E-state index in [4.69, 9.17) is 4.74 Å². The number of nitriles is 1. The zero-order valence-corrected chi connectivity index (χ0v) is 18.8. The largest absolute Gasteiger partial charge is 0.489 e. The molecule has 0 bridgehead atoms. The maximum absolute atomic E-state index is 14.8. The maximum Gasteiger partial charge on any atom is 0.350 e. The first-order valence-electron chi connectivity index (χ1n) is 11.1. The predicted molar refractivity (Wildman–Crippen MR) is 125 cm³/mol. The molecule has 2 aliphatic heterocycles. The zero-order valence-electron chi connectivity index (χ0n) is 18.8. The highest BCUT2D eigenvalue weighted by atomic mass is 19.1.